The molecule has 18 heteroatoms. The van der Waals surface area contributed by atoms with Gasteiger partial charge in [0.05, 0.1) is 85.0 Å². The number of fused-ring (bicyclic) bond motifs is 4. The quantitative estimate of drug-likeness (QED) is 0.0355. The molecule has 8 rings (SSSR count). The molecule has 5 heterocycles. The van der Waals surface area contributed by atoms with E-state index in [4.69, 9.17) is 56.8 Å². The molecule has 0 amide bonds. The second-order valence-electron chi connectivity index (χ2n) is 18.0. The molecular formula is C44H64O16S2. The molecule has 8 aliphatic rings. The Kier molecular flexibility index (Phi) is 15.2. The minimum atomic E-state index is -0.842. The Morgan fingerprint density at radius 2 is 1.37 bits per heavy atom. The van der Waals surface area contributed by atoms with E-state index >= 15 is 0 Å². The van der Waals surface area contributed by atoms with Crippen molar-refractivity contribution in [3.63, 3.8) is 0 Å². The number of unbranched alkanes of at least 4 members (excludes halogenated alkanes) is 1. The number of cyclic esters (lactones) is 1. The van der Waals surface area contributed by atoms with Crippen molar-refractivity contribution < 1.29 is 76.0 Å². The Morgan fingerprint density at radius 3 is 1.98 bits per heavy atom. The van der Waals surface area contributed by atoms with Gasteiger partial charge in [-0.25, -0.2) is 4.79 Å². The van der Waals surface area contributed by atoms with Gasteiger partial charge in [-0.05, 0) is 55.9 Å². The van der Waals surface area contributed by atoms with Crippen molar-refractivity contribution in [2.75, 3.05) is 91.6 Å². The van der Waals surface area contributed by atoms with Gasteiger partial charge in [0.1, 0.15) is 43.2 Å². The normalized spacial score (nSPS) is 35.5. The van der Waals surface area contributed by atoms with Crippen LogP contribution < -0.4 is 0 Å². The second-order valence-corrected chi connectivity index (χ2v) is 20.7. The maximum absolute atomic E-state index is 13.4. The Balaban J connectivity index is 0.622. The highest BCUT2D eigenvalue weighted by molar-refractivity contribution is 8.77. The van der Waals surface area contributed by atoms with Crippen LogP contribution in [-0.4, -0.2) is 162 Å². The molecule has 5 aliphatic heterocycles. The maximum Gasteiger partial charge on any atom is 0.334 e. The third kappa shape index (κ3) is 9.22. The molecule has 0 radical (unpaired) electrons. The number of carbonyl (C=O) groups is 4. The predicted molar refractivity (Wildman–Crippen MR) is 223 cm³/mol. The Hall–Kier alpha value is -2.00. The molecule has 0 bridgehead atoms. The first-order valence-corrected chi connectivity index (χ1v) is 25.1. The minimum absolute atomic E-state index is 0.0339. The molecule has 16 nitrogen and oxygen atoms in total. The zero-order valence-corrected chi connectivity index (χ0v) is 38.0. The Bertz CT molecular complexity index is 1660. The van der Waals surface area contributed by atoms with Gasteiger partial charge in [-0.15, -0.1) is 0 Å². The van der Waals surface area contributed by atoms with Crippen molar-refractivity contribution in [2.45, 2.75) is 131 Å². The fraction of sp³-hybridized carbons (Fsp3) is 0.864. The van der Waals surface area contributed by atoms with Gasteiger partial charge in [0.25, 0.3) is 0 Å². The number of hydrogen-bond acceptors (Lipinski definition) is 18. The largest absolute Gasteiger partial charge is 0.463 e. The molecule has 4 saturated heterocycles. The van der Waals surface area contributed by atoms with Gasteiger partial charge in [0.2, 0.25) is 0 Å². The van der Waals surface area contributed by atoms with E-state index in [9.17, 15) is 19.2 Å². The average Bonchev–Trinajstić information content (AvgIpc) is 4.20. The highest BCUT2D eigenvalue weighted by Crippen LogP contribution is 2.83. The third-order valence-corrected chi connectivity index (χ3v) is 17.2. The maximum atomic E-state index is 13.4. The summed E-state index contributed by atoms with van der Waals surface area (Å²) in [5, 5.41) is 0.746. The van der Waals surface area contributed by atoms with Crippen LogP contribution in [0.3, 0.4) is 0 Å². The summed E-state index contributed by atoms with van der Waals surface area (Å²) in [6.45, 7) is 10.8. The van der Waals surface area contributed by atoms with Crippen LogP contribution in [0, 0.1) is 17.3 Å². The van der Waals surface area contributed by atoms with Crippen LogP contribution in [0.4, 0.5) is 0 Å². The van der Waals surface area contributed by atoms with Crippen LogP contribution in [0.15, 0.2) is 11.1 Å². The van der Waals surface area contributed by atoms with Gasteiger partial charge in [0.15, 0.2) is 11.7 Å². The number of esters is 4. The first kappa shape index (κ1) is 46.5. The molecule has 3 aliphatic carbocycles. The summed E-state index contributed by atoms with van der Waals surface area (Å²) in [6.07, 6.45) is 5.38. The van der Waals surface area contributed by atoms with Crippen LogP contribution in [0.2, 0.25) is 0 Å². The van der Waals surface area contributed by atoms with Crippen molar-refractivity contribution in [3.05, 3.63) is 11.1 Å². The van der Waals surface area contributed by atoms with Gasteiger partial charge in [-0.3, -0.25) is 14.4 Å². The van der Waals surface area contributed by atoms with E-state index in [0.29, 0.717) is 85.3 Å². The number of rotatable bonds is 28. The summed E-state index contributed by atoms with van der Waals surface area (Å²) in [4.78, 5) is 50.3. The third-order valence-electron chi connectivity index (χ3n) is 14.2. The van der Waals surface area contributed by atoms with Crippen LogP contribution in [-0.2, 0) is 76.0 Å². The molecule has 0 N–H and O–H groups in total. The summed E-state index contributed by atoms with van der Waals surface area (Å²) < 4.78 is 69.7. The number of ether oxygens (including phenoxy) is 12. The molecule has 62 heavy (non-hydrogen) atoms. The Labute approximate surface area is 371 Å². The lowest BCUT2D eigenvalue weighted by molar-refractivity contribution is -0.170. The molecule has 2 saturated carbocycles. The first-order valence-electron chi connectivity index (χ1n) is 22.7. The van der Waals surface area contributed by atoms with Gasteiger partial charge in [0, 0.05) is 28.4 Å². The van der Waals surface area contributed by atoms with E-state index in [-0.39, 0.29) is 80.2 Å². The summed E-state index contributed by atoms with van der Waals surface area (Å²) in [6, 6.07) is 0. The van der Waals surface area contributed by atoms with Gasteiger partial charge >= 0.3 is 23.9 Å². The zero-order valence-electron chi connectivity index (χ0n) is 36.4. The minimum Gasteiger partial charge on any atom is -0.463 e. The van der Waals surface area contributed by atoms with Crippen LogP contribution in [0.1, 0.15) is 85.0 Å². The van der Waals surface area contributed by atoms with E-state index < -0.39 is 34.8 Å². The fourth-order valence-corrected chi connectivity index (χ4v) is 14.0. The smallest absolute Gasteiger partial charge is 0.334 e. The van der Waals surface area contributed by atoms with E-state index in [0.717, 1.165) is 35.7 Å². The molecule has 2 spiro atoms. The summed E-state index contributed by atoms with van der Waals surface area (Å²) in [5.41, 5.74) is -0.728. The lowest BCUT2D eigenvalue weighted by Crippen LogP contribution is -2.70. The van der Waals surface area contributed by atoms with Crippen LogP contribution >= 0.6 is 21.6 Å². The number of carbonyl (C=O) groups excluding carboxylic acids is 4. The van der Waals surface area contributed by atoms with Gasteiger partial charge in [-0.1, -0.05) is 48.8 Å². The molecule has 0 aromatic carbocycles. The van der Waals surface area contributed by atoms with E-state index in [1.165, 1.54) is 18.6 Å². The zero-order chi connectivity index (χ0) is 43.4. The summed E-state index contributed by atoms with van der Waals surface area (Å²) in [7, 11) is 3.92. The van der Waals surface area contributed by atoms with E-state index in [1.807, 2.05) is 21.6 Å². The lowest BCUT2D eigenvalue weighted by Gasteiger charge is -2.53. The molecule has 0 aromatic heterocycles. The van der Waals surface area contributed by atoms with E-state index in [1.54, 1.807) is 0 Å². The standard InChI is InChI=1S/C44H64O16S2/c1-28(2)42-37(59-42)38-44(60-38)41(3)12-10-30-31(27-56-39(30)48)32(41)26-33-43(44,58-33)40(42)57-36(47)9-8-35(46)55-24-22-53-20-18-51-16-14-49-13-15-50-17-19-52-21-23-54-34(45)7-5-4-6-29-11-25-61-62-29/h28-29,32-33,37-38,40H,4-27H2,1-3H3/t29?,32-,33-,37-,38-,40+,41-,42-,43+,44+/m0/s1. The van der Waals surface area contributed by atoms with Crippen LogP contribution in [0.25, 0.3) is 0 Å². The van der Waals surface area contributed by atoms with Gasteiger partial charge in [-0.2, -0.15) is 0 Å². The lowest BCUT2D eigenvalue weighted by atomic mass is 9.46. The molecule has 6 fully saturated rings. The molecule has 10 atom stereocenters. The number of epoxide rings is 3. The van der Waals surface area contributed by atoms with Crippen molar-refractivity contribution >= 4 is 45.5 Å². The predicted octanol–water partition coefficient (Wildman–Crippen LogP) is 4.32. The topological polar surface area (TPSA) is 189 Å². The fourth-order valence-electron chi connectivity index (χ4n) is 11.0. The van der Waals surface area contributed by atoms with Crippen LogP contribution in [0.5, 0.6) is 0 Å². The highest BCUT2D eigenvalue weighted by Gasteiger charge is 3.01. The molecular weight excluding hydrogens is 849 g/mol. The van der Waals surface area contributed by atoms with Gasteiger partial charge < -0.3 is 56.8 Å². The average molecular weight is 913 g/mol. The highest BCUT2D eigenvalue weighted by atomic mass is 33.1. The molecule has 1 unspecified atom stereocenters. The monoisotopic (exact) mass is 912 g/mol. The van der Waals surface area contributed by atoms with Crippen molar-refractivity contribution in [3.8, 4) is 0 Å². The van der Waals surface area contributed by atoms with Crippen molar-refractivity contribution in [2.24, 2.45) is 17.3 Å². The SMILES string of the molecule is CC(C)[C@]12O[C@H]1[C@@H]1O[C@]13[C@]1(O[C@H]1C[C@H]1C4=C(CC[C@@]13C)C(=O)OC4)[C@@H]2OC(=O)CCC(=O)OCCOCCOCCOCCOCCOCCOC(=O)CCCCC1CCSS1. The Morgan fingerprint density at radius 1 is 0.758 bits per heavy atom. The molecule has 0 aromatic rings. The molecule has 348 valence electrons. The van der Waals surface area contributed by atoms with Crippen molar-refractivity contribution in [1.82, 2.24) is 0 Å². The van der Waals surface area contributed by atoms with E-state index in [2.05, 4.69) is 20.8 Å². The second kappa shape index (κ2) is 20.3. The summed E-state index contributed by atoms with van der Waals surface area (Å²) >= 11 is 0. The summed E-state index contributed by atoms with van der Waals surface area (Å²) in [5.74, 6) is -0.0468. The first-order chi connectivity index (χ1) is 30.1. The van der Waals surface area contributed by atoms with Crippen molar-refractivity contribution in [1.29, 1.82) is 0 Å². The number of hydrogen-bond donors (Lipinski definition) is 0.